The lowest BCUT2D eigenvalue weighted by Crippen LogP contribution is -2.02. The molecule has 1 aromatic heterocycles. The van der Waals surface area contributed by atoms with Crippen molar-refractivity contribution in [3.8, 4) is 17.2 Å². The van der Waals surface area contributed by atoms with Crippen molar-refractivity contribution >= 4 is 23.0 Å². The van der Waals surface area contributed by atoms with Gasteiger partial charge in [0.2, 0.25) is 0 Å². The molecule has 3 rings (SSSR count). The number of phenolic OH excluding ortho intramolecular Hbond substituents is 2. The lowest BCUT2D eigenvalue weighted by molar-refractivity contribution is -0.131. The molecule has 0 radical (unpaired) electrons. The number of benzene rings is 2. The van der Waals surface area contributed by atoms with Gasteiger partial charge in [0.15, 0.2) is 5.43 Å². The van der Waals surface area contributed by atoms with E-state index in [2.05, 4.69) is 0 Å². The van der Waals surface area contributed by atoms with Crippen LogP contribution >= 0.6 is 0 Å². The molecule has 7 nitrogen and oxygen atoms in total. The maximum Gasteiger partial charge on any atom is 0.328 e. The first kappa shape index (κ1) is 24.3. The predicted octanol–water partition coefficient (Wildman–Crippen LogP) is 4.81. The van der Waals surface area contributed by atoms with E-state index in [4.69, 9.17) is 14.3 Å². The number of aryl methyl sites for hydroxylation is 1. The summed E-state index contributed by atoms with van der Waals surface area (Å²) in [6.07, 6.45) is 4.82. The summed E-state index contributed by atoms with van der Waals surface area (Å²) in [4.78, 5) is 22.1. The zero-order chi connectivity index (χ0) is 23.8. The van der Waals surface area contributed by atoms with Crippen LogP contribution < -0.4 is 10.2 Å². The van der Waals surface area contributed by atoms with Gasteiger partial charge < -0.3 is 24.5 Å². The fourth-order valence-corrected chi connectivity index (χ4v) is 2.92. The third-order valence-electron chi connectivity index (χ3n) is 4.46. The second-order valence-corrected chi connectivity index (χ2v) is 7.22. The quantitative estimate of drug-likeness (QED) is 0.386. The molecule has 1 heterocycles. The van der Waals surface area contributed by atoms with Crippen molar-refractivity contribution < 1.29 is 29.3 Å². The minimum absolute atomic E-state index is 0.0729. The van der Waals surface area contributed by atoms with Gasteiger partial charge in [0.25, 0.3) is 0 Å². The van der Waals surface area contributed by atoms with Gasteiger partial charge in [-0.25, -0.2) is 4.79 Å². The smallest absolute Gasteiger partial charge is 0.328 e. The number of fused-ring (bicyclic) bond motifs is 1. The van der Waals surface area contributed by atoms with E-state index in [1.165, 1.54) is 18.2 Å². The number of rotatable bonds is 5. The second-order valence-electron chi connectivity index (χ2n) is 7.22. The molecule has 0 bridgehead atoms. The molecular formula is C25H26O7. The van der Waals surface area contributed by atoms with Gasteiger partial charge in [0.05, 0.1) is 7.11 Å². The molecule has 0 amide bonds. The Balaban J connectivity index is 0.000000244. The van der Waals surface area contributed by atoms with Gasteiger partial charge >= 0.3 is 5.97 Å². The molecule has 0 saturated heterocycles. The van der Waals surface area contributed by atoms with Crippen molar-refractivity contribution in [2.75, 3.05) is 7.11 Å². The fourth-order valence-electron chi connectivity index (χ4n) is 2.92. The third kappa shape index (κ3) is 6.25. The number of phenols is 2. The molecule has 0 aliphatic rings. The average molecular weight is 438 g/mol. The molecule has 0 aliphatic heterocycles. The Morgan fingerprint density at radius 2 is 1.84 bits per heavy atom. The van der Waals surface area contributed by atoms with Crippen molar-refractivity contribution in [2.45, 2.75) is 27.2 Å². The van der Waals surface area contributed by atoms with Crippen LogP contribution in [-0.2, 0) is 11.2 Å². The molecule has 0 atom stereocenters. The summed E-state index contributed by atoms with van der Waals surface area (Å²) >= 11 is 0. The number of hydrogen-bond donors (Lipinski definition) is 3. The lowest BCUT2D eigenvalue weighted by Gasteiger charge is -2.08. The molecule has 3 aromatic rings. The summed E-state index contributed by atoms with van der Waals surface area (Å²) in [6.45, 7) is 5.49. The summed E-state index contributed by atoms with van der Waals surface area (Å²) in [7, 11) is 1.55. The number of carboxylic acids is 1. The minimum Gasteiger partial charge on any atom is -0.507 e. The monoisotopic (exact) mass is 438 g/mol. The minimum atomic E-state index is -0.967. The van der Waals surface area contributed by atoms with Crippen molar-refractivity contribution in [1.29, 1.82) is 0 Å². The van der Waals surface area contributed by atoms with Crippen LogP contribution in [0.2, 0.25) is 0 Å². The van der Waals surface area contributed by atoms with Gasteiger partial charge in [0, 0.05) is 29.3 Å². The van der Waals surface area contributed by atoms with Crippen LogP contribution in [0.1, 0.15) is 30.7 Å². The molecule has 0 spiro atoms. The van der Waals surface area contributed by atoms with Crippen molar-refractivity contribution in [1.82, 2.24) is 0 Å². The topological polar surface area (TPSA) is 117 Å². The maximum absolute atomic E-state index is 11.9. The van der Waals surface area contributed by atoms with E-state index in [-0.39, 0.29) is 27.9 Å². The first-order chi connectivity index (χ1) is 15.1. The van der Waals surface area contributed by atoms with E-state index in [0.29, 0.717) is 23.5 Å². The zero-order valence-electron chi connectivity index (χ0n) is 18.4. The molecular weight excluding hydrogens is 412 g/mol. The predicted molar refractivity (Wildman–Crippen MR) is 123 cm³/mol. The van der Waals surface area contributed by atoms with E-state index >= 15 is 0 Å². The molecule has 0 saturated carbocycles. The number of aromatic hydroxyl groups is 2. The molecule has 0 unspecified atom stereocenters. The van der Waals surface area contributed by atoms with E-state index in [0.717, 1.165) is 17.2 Å². The van der Waals surface area contributed by atoms with Crippen LogP contribution in [0.25, 0.3) is 17.0 Å². The highest BCUT2D eigenvalue weighted by Gasteiger charge is 2.16. The molecule has 0 aliphatic carbocycles. The van der Waals surface area contributed by atoms with Gasteiger partial charge in [-0.1, -0.05) is 29.8 Å². The average Bonchev–Trinajstić information content (AvgIpc) is 2.71. The zero-order valence-corrected chi connectivity index (χ0v) is 18.4. The van der Waals surface area contributed by atoms with E-state index in [9.17, 15) is 19.8 Å². The standard InChI is InChI=1S/C15H16O4.C10H10O3/c1-8(2)4-5-10-11(16)7-13-14(15(10)18)12(17)6-9(3)19-13;1-13-9-5-3-2-4-8(9)6-7-10(11)12/h4,6-7,16,18H,5H2,1-3H3;2-7H,1H3,(H,11,12). The van der Waals surface area contributed by atoms with E-state index in [1.807, 2.05) is 32.1 Å². The highest BCUT2D eigenvalue weighted by molar-refractivity contribution is 5.87. The van der Waals surface area contributed by atoms with Gasteiger partial charge in [-0.3, -0.25) is 4.79 Å². The summed E-state index contributed by atoms with van der Waals surface area (Å²) in [5.74, 6) is -0.142. The van der Waals surface area contributed by atoms with Crippen LogP contribution in [0.15, 0.2) is 63.3 Å². The summed E-state index contributed by atoms with van der Waals surface area (Å²) < 4.78 is 10.4. The number of ether oxygens (including phenoxy) is 1. The van der Waals surface area contributed by atoms with Crippen molar-refractivity contribution in [2.24, 2.45) is 0 Å². The van der Waals surface area contributed by atoms with Crippen LogP contribution in [-0.4, -0.2) is 28.4 Å². The van der Waals surface area contributed by atoms with Gasteiger partial charge in [-0.2, -0.15) is 0 Å². The Labute approximate surface area is 185 Å². The summed E-state index contributed by atoms with van der Waals surface area (Å²) in [6, 6.07) is 9.92. The number of para-hydroxylation sites is 1. The highest BCUT2D eigenvalue weighted by Crippen LogP contribution is 2.34. The fraction of sp³-hybridized carbons (Fsp3) is 0.200. The molecule has 3 N–H and O–H groups in total. The first-order valence-corrected chi connectivity index (χ1v) is 9.79. The Morgan fingerprint density at radius 3 is 2.47 bits per heavy atom. The molecule has 2 aromatic carbocycles. The van der Waals surface area contributed by atoms with Gasteiger partial charge in [-0.15, -0.1) is 0 Å². The number of carboxylic acid groups (broad SMARTS) is 1. The number of aliphatic carboxylic acids is 1. The molecule has 32 heavy (non-hydrogen) atoms. The van der Waals surface area contributed by atoms with Crippen LogP contribution in [0.5, 0.6) is 17.2 Å². The maximum atomic E-state index is 11.9. The summed E-state index contributed by atoms with van der Waals surface area (Å²) in [5.41, 5.74) is 2.04. The Bertz CT molecular complexity index is 1230. The molecule has 0 fully saturated rings. The van der Waals surface area contributed by atoms with Crippen LogP contribution in [0.3, 0.4) is 0 Å². The highest BCUT2D eigenvalue weighted by atomic mass is 16.5. The number of methoxy groups -OCH3 is 1. The van der Waals surface area contributed by atoms with Crippen LogP contribution in [0, 0.1) is 6.92 Å². The van der Waals surface area contributed by atoms with Crippen LogP contribution in [0.4, 0.5) is 0 Å². The second kappa shape index (κ2) is 10.9. The number of allylic oxidation sites excluding steroid dienone is 2. The van der Waals surface area contributed by atoms with Gasteiger partial charge in [0.1, 0.15) is 34.0 Å². The van der Waals surface area contributed by atoms with Gasteiger partial charge in [-0.05, 0) is 39.3 Å². The molecule has 168 valence electrons. The SMILES string of the molecule is CC(C)=CCc1c(O)cc2oc(C)cc(=O)c2c1O.COc1ccccc1C=CC(=O)O. The van der Waals surface area contributed by atoms with E-state index < -0.39 is 5.97 Å². The Kier molecular flexibility index (Phi) is 8.24. The normalized spacial score (nSPS) is 10.5. The Hall–Kier alpha value is -4.00. The largest absolute Gasteiger partial charge is 0.507 e. The lowest BCUT2D eigenvalue weighted by atomic mass is 10.0. The van der Waals surface area contributed by atoms with Crippen molar-refractivity contribution in [3.63, 3.8) is 0 Å². The molecule has 7 heteroatoms. The van der Waals surface area contributed by atoms with Crippen molar-refractivity contribution in [3.05, 3.63) is 81.2 Å². The third-order valence-corrected chi connectivity index (χ3v) is 4.46. The summed E-state index contributed by atoms with van der Waals surface area (Å²) in [5, 5.41) is 28.6. The Morgan fingerprint density at radius 1 is 1.16 bits per heavy atom. The number of hydrogen-bond acceptors (Lipinski definition) is 6. The number of carbonyl (C=O) groups is 1. The van der Waals surface area contributed by atoms with E-state index in [1.54, 1.807) is 26.2 Å². The first-order valence-electron chi connectivity index (χ1n) is 9.79.